The van der Waals surface area contributed by atoms with E-state index in [-0.39, 0.29) is 6.10 Å². The number of ether oxygens (including phenoxy) is 1. The van der Waals surface area contributed by atoms with Crippen LogP contribution in [0.5, 0.6) is 0 Å². The number of benzene rings is 1. The zero-order valence-electron chi connectivity index (χ0n) is 16.4. The molecule has 1 aromatic carbocycles. The van der Waals surface area contributed by atoms with Gasteiger partial charge in [-0.15, -0.1) is 0 Å². The van der Waals surface area contributed by atoms with E-state index in [0.29, 0.717) is 18.5 Å². The van der Waals surface area contributed by atoms with Crippen molar-refractivity contribution in [3.8, 4) is 0 Å². The summed E-state index contributed by atoms with van der Waals surface area (Å²) in [6.45, 7) is 6.47. The molecule has 0 spiro atoms. The van der Waals surface area contributed by atoms with Gasteiger partial charge in [-0.05, 0) is 30.9 Å². The maximum atomic E-state index is 8.76. The van der Waals surface area contributed by atoms with Crippen LogP contribution in [0.1, 0.15) is 44.6 Å². The summed E-state index contributed by atoms with van der Waals surface area (Å²) in [5, 5.41) is 13.5. The lowest BCUT2D eigenvalue weighted by molar-refractivity contribution is 0.0613. The molecule has 2 aromatic rings. The molecule has 27 heavy (non-hydrogen) atoms. The second-order valence-corrected chi connectivity index (χ2v) is 7.88. The van der Waals surface area contributed by atoms with Crippen LogP contribution in [0.4, 0.5) is 0 Å². The third-order valence-electron chi connectivity index (χ3n) is 5.74. The highest BCUT2D eigenvalue weighted by molar-refractivity contribution is 5.87. The maximum Gasteiger partial charge on any atom is 0.127 e. The molecule has 0 amide bonds. The SMILES string of the molecule is CCCCCn1cc(CN(C(=N)C2CNCCO2)C2CC2)c2ccccc21. The molecule has 1 atom stereocenters. The van der Waals surface area contributed by atoms with E-state index in [0.717, 1.165) is 26.2 Å². The van der Waals surface area contributed by atoms with Gasteiger partial charge in [-0.2, -0.15) is 0 Å². The number of aryl methyl sites for hydroxylation is 1. The van der Waals surface area contributed by atoms with E-state index < -0.39 is 0 Å². The standard InChI is InChI=1S/C22H32N4O/c1-2-3-6-12-25-15-17(19-7-4-5-8-20(19)25)16-26(18-9-10-18)22(23)21-14-24-11-13-27-21/h4-5,7-8,15,18,21,23-24H,2-3,6,9-14,16H2,1H3. The molecule has 1 aromatic heterocycles. The van der Waals surface area contributed by atoms with Crippen LogP contribution in [-0.4, -0.2) is 47.1 Å². The van der Waals surface area contributed by atoms with Crippen molar-refractivity contribution >= 4 is 16.7 Å². The van der Waals surface area contributed by atoms with Crippen LogP contribution >= 0.6 is 0 Å². The zero-order valence-corrected chi connectivity index (χ0v) is 16.4. The molecule has 1 unspecified atom stereocenters. The fourth-order valence-corrected chi connectivity index (χ4v) is 4.07. The van der Waals surface area contributed by atoms with Crippen molar-refractivity contribution in [3.05, 3.63) is 36.0 Å². The molecule has 146 valence electrons. The third kappa shape index (κ3) is 4.19. The highest BCUT2D eigenvalue weighted by atomic mass is 16.5. The fourth-order valence-electron chi connectivity index (χ4n) is 4.07. The van der Waals surface area contributed by atoms with Gasteiger partial charge in [0, 0.05) is 49.3 Å². The molecule has 0 radical (unpaired) electrons. The Kier molecular flexibility index (Phi) is 5.79. The Balaban J connectivity index is 1.56. The van der Waals surface area contributed by atoms with Crippen LogP contribution in [0.3, 0.4) is 0 Å². The molecule has 1 aliphatic carbocycles. The van der Waals surface area contributed by atoms with Crippen LogP contribution in [0, 0.1) is 5.41 Å². The van der Waals surface area contributed by atoms with Gasteiger partial charge in [0.15, 0.2) is 0 Å². The van der Waals surface area contributed by atoms with Crippen molar-refractivity contribution in [2.24, 2.45) is 0 Å². The first-order valence-corrected chi connectivity index (χ1v) is 10.5. The molecule has 2 N–H and O–H groups in total. The van der Waals surface area contributed by atoms with Crippen LogP contribution < -0.4 is 5.32 Å². The molecular formula is C22H32N4O. The Morgan fingerprint density at radius 2 is 2.15 bits per heavy atom. The highest BCUT2D eigenvalue weighted by Crippen LogP contribution is 2.32. The number of rotatable bonds is 8. The van der Waals surface area contributed by atoms with Crippen LogP contribution in [-0.2, 0) is 17.8 Å². The van der Waals surface area contributed by atoms with Gasteiger partial charge in [0.25, 0.3) is 0 Å². The average Bonchev–Trinajstić information content (AvgIpc) is 3.50. The molecule has 2 aliphatic rings. The summed E-state index contributed by atoms with van der Waals surface area (Å²) in [4.78, 5) is 2.29. The maximum absolute atomic E-state index is 8.76. The van der Waals surface area contributed by atoms with Gasteiger partial charge in [-0.1, -0.05) is 38.0 Å². The number of amidine groups is 1. The largest absolute Gasteiger partial charge is 0.368 e. The van der Waals surface area contributed by atoms with Crippen molar-refractivity contribution in [1.82, 2.24) is 14.8 Å². The van der Waals surface area contributed by atoms with Crippen molar-refractivity contribution in [2.45, 2.75) is 64.3 Å². The second-order valence-electron chi connectivity index (χ2n) is 7.88. The molecule has 5 nitrogen and oxygen atoms in total. The molecule has 4 rings (SSSR count). The molecule has 5 heteroatoms. The number of fused-ring (bicyclic) bond motifs is 1. The molecule has 1 aliphatic heterocycles. The van der Waals surface area contributed by atoms with Gasteiger partial charge in [0.1, 0.15) is 11.9 Å². The van der Waals surface area contributed by atoms with E-state index >= 15 is 0 Å². The van der Waals surface area contributed by atoms with Gasteiger partial charge < -0.3 is 19.5 Å². The van der Waals surface area contributed by atoms with Gasteiger partial charge in [0.05, 0.1) is 6.61 Å². The quantitative estimate of drug-likeness (QED) is 0.424. The Morgan fingerprint density at radius 1 is 1.30 bits per heavy atom. The zero-order chi connectivity index (χ0) is 18.6. The lowest BCUT2D eigenvalue weighted by atomic mass is 10.1. The topological polar surface area (TPSA) is 53.3 Å². The van der Waals surface area contributed by atoms with Crippen LogP contribution in [0.2, 0.25) is 0 Å². The molecular weight excluding hydrogens is 336 g/mol. The lowest BCUT2D eigenvalue weighted by Crippen LogP contribution is -2.49. The summed E-state index contributed by atoms with van der Waals surface area (Å²) < 4.78 is 8.27. The minimum absolute atomic E-state index is 0.114. The highest BCUT2D eigenvalue weighted by Gasteiger charge is 2.35. The van der Waals surface area contributed by atoms with Crippen molar-refractivity contribution in [1.29, 1.82) is 5.41 Å². The van der Waals surface area contributed by atoms with E-state index in [1.807, 2.05) is 0 Å². The Hall–Kier alpha value is -1.85. The number of nitrogens with one attached hydrogen (secondary N) is 2. The van der Waals surface area contributed by atoms with Crippen molar-refractivity contribution in [3.63, 3.8) is 0 Å². The summed E-state index contributed by atoms with van der Waals surface area (Å²) in [7, 11) is 0. The molecule has 2 fully saturated rings. The van der Waals surface area contributed by atoms with Crippen LogP contribution in [0.15, 0.2) is 30.5 Å². The number of para-hydroxylation sites is 1. The number of nitrogens with zero attached hydrogens (tertiary/aromatic N) is 2. The first-order chi connectivity index (χ1) is 13.3. The predicted molar refractivity (Wildman–Crippen MR) is 110 cm³/mol. The minimum Gasteiger partial charge on any atom is -0.368 e. The number of morpholine rings is 1. The van der Waals surface area contributed by atoms with E-state index in [1.54, 1.807) is 0 Å². The van der Waals surface area contributed by atoms with Gasteiger partial charge in [-0.3, -0.25) is 5.41 Å². The first kappa shape index (κ1) is 18.5. The summed E-state index contributed by atoms with van der Waals surface area (Å²) in [6, 6.07) is 9.22. The van der Waals surface area contributed by atoms with E-state index in [9.17, 15) is 0 Å². The lowest BCUT2D eigenvalue weighted by Gasteiger charge is -2.32. The van der Waals surface area contributed by atoms with Gasteiger partial charge in [0.2, 0.25) is 0 Å². The molecule has 1 saturated carbocycles. The smallest absolute Gasteiger partial charge is 0.127 e. The second kappa shape index (κ2) is 8.44. The molecule has 2 heterocycles. The molecule has 1 saturated heterocycles. The van der Waals surface area contributed by atoms with E-state index in [4.69, 9.17) is 10.1 Å². The van der Waals surface area contributed by atoms with Crippen molar-refractivity contribution in [2.75, 3.05) is 19.7 Å². The van der Waals surface area contributed by atoms with E-state index in [1.165, 1.54) is 48.6 Å². The number of hydrogen-bond donors (Lipinski definition) is 2. The average molecular weight is 369 g/mol. The van der Waals surface area contributed by atoms with E-state index in [2.05, 4.69) is 52.2 Å². The number of unbranched alkanes of at least 4 members (excludes halogenated alkanes) is 2. The Labute approximate surface area is 162 Å². The van der Waals surface area contributed by atoms with Crippen molar-refractivity contribution < 1.29 is 4.74 Å². The summed E-state index contributed by atoms with van der Waals surface area (Å²) >= 11 is 0. The number of aromatic nitrogens is 1. The first-order valence-electron chi connectivity index (χ1n) is 10.5. The fraction of sp³-hybridized carbons (Fsp3) is 0.591. The monoisotopic (exact) mass is 368 g/mol. The summed E-state index contributed by atoms with van der Waals surface area (Å²) in [5.74, 6) is 0.646. The Bertz CT molecular complexity index is 774. The summed E-state index contributed by atoms with van der Waals surface area (Å²) in [5.41, 5.74) is 2.66. The predicted octanol–water partition coefficient (Wildman–Crippen LogP) is 3.76. The molecule has 0 bridgehead atoms. The minimum atomic E-state index is -0.114. The van der Waals surface area contributed by atoms with Crippen LogP contribution in [0.25, 0.3) is 10.9 Å². The number of hydrogen-bond acceptors (Lipinski definition) is 3. The normalized spacial score (nSPS) is 20.1. The van der Waals surface area contributed by atoms with Gasteiger partial charge >= 0.3 is 0 Å². The van der Waals surface area contributed by atoms with Gasteiger partial charge in [-0.25, -0.2) is 0 Å². The summed E-state index contributed by atoms with van der Waals surface area (Å²) in [6.07, 6.45) is 8.33. The third-order valence-corrected chi connectivity index (χ3v) is 5.74. The Morgan fingerprint density at radius 3 is 2.89 bits per heavy atom.